The molecule has 118 valence electrons. The minimum absolute atomic E-state index is 0.208. The van der Waals surface area contributed by atoms with Crippen molar-refractivity contribution in [1.82, 2.24) is 4.90 Å². The average molecular weight is 329 g/mol. The van der Waals surface area contributed by atoms with Crippen LogP contribution in [0, 0.1) is 5.82 Å². The zero-order chi connectivity index (χ0) is 16.2. The zero-order valence-electron chi connectivity index (χ0n) is 12.5. The molecule has 0 radical (unpaired) electrons. The number of imide groups is 1. The van der Waals surface area contributed by atoms with Crippen LogP contribution >= 0.6 is 11.8 Å². The van der Waals surface area contributed by atoms with Gasteiger partial charge in [0, 0.05) is 12.3 Å². The zero-order valence-corrected chi connectivity index (χ0v) is 13.3. The van der Waals surface area contributed by atoms with E-state index in [1.54, 1.807) is 42.1 Å². The molecule has 1 heterocycles. The lowest BCUT2D eigenvalue weighted by Crippen LogP contribution is -2.31. The molecular weight excluding hydrogens is 313 g/mol. The minimum atomic E-state index is -0.228. The molecule has 0 N–H and O–H groups in total. The molecule has 0 saturated heterocycles. The maximum atomic E-state index is 13.1. The van der Waals surface area contributed by atoms with Gasteiger partial charge in [-0.1, -0.05) is 24.3 Å². The van der Waals surface area contributed by atoms with Crippen molar-refractivity contribution in [2.24, 2.45) is 0 Å². The minimum Gasteiger partial charge on any atom is -0.274 e. The van der Waals surface area contributed by atoms with Crippen LogP contribution in [0.15, 0.2) is 48.5 Å². The summed E-state index contributed by atoms with van der Waals surface area (Å²) >= 11 is 1.67. The molecule has 5 heteroatoms. The Balaban J connectivity index is 1.47. The third-order valence-electron chi connectivity index (χ3n) is 3.71. The van der Waals surface area contributed by atoms with Crippen molar-refractivity contribution < 1.29 is 14.0 Å². The first kappa shape index (κ1) is 15.7. The second-order valence-electron chi connectivity index (χ2n) is 5.34. The molecule has 0 aromatic heterocycles. The van der Waals surface area contributed by atoms with Crippen molar-refractivity contribution in [2.75, 3.05) is 12.3 Å². The van der Waals surface area contributed by atoms with E-state index in [2.05, 4.69) is 0 Å². The summed E-state index contributed by atoms with van der Waals surface area (Å²) in [5, 5.41) is 0. The second-order valence-corrected chi connectivity index (χ2v) is 6.45. The number of nitrogens with zero attached hydrogens (tertiary/aromatic N) is 1. The van der Waals surface area contributed by atoms with Gasteiger partial charge in [0.15, 0.2) is 0 Å². The number of hydrogen-bond acceptors (Lipinski definition) is 3. The predicted molar refractivity (Wildman–Crippen MR) is 89.0 cm³/mol. The molecule has 2 amide bonds. The van der Waals surface area contributed by atoms with Gasteiger partial charge in [0.2, 0.25) is 0 Å². The normalized spacial score (nSPS) is 13.5. The molecule has 0 saturated carbocycles. The van der Waals surface area contributed by atoms with Gasteiger partial charge in [0.1, 0.15) is 5.82 Å². The van der Waals surface area contributed by atoms with Gasteiger partial charge in [-0.2, -0.15) is 11.8 Å². The Morgan fingerprint density at radius 1 is 0.957 bits per heavy atom. The van der Waals surface area contributed by atoms with Gasteiger partial charge in [-0.05, 0) is 42.0 Å². The first-order valence-corrected chi connectivity index (χ1v) is 8.59. The Bertz CT molecular complexity index is 712. The van der Waals surface area contributed by atoms with Gasteiger partial charge in [0.05, 0.1) is 11.1 Å². The summed E-state index contributed by atoms with van der Waals surface area (Å²) in [4.78, 5) is 25.7. The lowest BCUT2D eigenvalue weighted by Gasteiger charge is -2.13. The fraction of sp³-hybridized carbons (Fsp3) is 0.222. The van der Waals surface area contributed by atoms with Crippen molar-refractivity contribution in [3.05, 3.63) is 71.0 Å². The average Bonchev–Trinajstić information content (AvgIpc) is 2.80. The number of thioether (sulfide) groups is 1. The van der Waals surface area contributed by atoms with Crippen LogP contribution in [0.5, 0.6) is 0 Å². The van der Waals surface area contributed by atoms with Crippen molar-refractivity contribution in [1.29, 1.82) is 0 Å². The van der Waals surface area contributed by atoms with Crippen molar-refractivity contribution >= 4 is 23.6 Å². The van der Waals surface area contributed by atoms with E-state index in [1.807, 2.05) is 6.07 Å². The SMILES string of the molecule is O=C1c2ccccc2C(=O)N1CCCSCc1cccc(F)c1. The predicted octanol–water partition coefficient (Wildman–Crippen LogP) is 3.75. The largest absolute Gasteiger partial charge is 0.274 e. The van der Waals surface area contributed by atoms with E-state index in [0.717, 1.165) is 23.5 Å². The van der Waals surface area contributed by atoms with E-state index >= 15 is 0 Å². The number of rotatable bonds is 6. The van der Waals surface area contributed by atoms with E-state index in [9.17, 15) is 14.0 Å². The lowest BCUT2D eigenvalue weighted by atomic mass is 10.1. The number of carbonyl (C=O) groups is 2. The summed E-state index contributed by atoms with van der Waals surface area (Å²) < 4.78 is 13.1. The van der Waals surface area contributed by atoms with E-state index in [0.29, 0.717) is 17.7 Å². The Morgan fingerprint density at radius 3 is 2.30 bits per heavy atom. The summed E-state index contributed by atoms with van der Waals surface area (Å²) in [6.07, 6.45) is 0.728. The summed E-state index contributed by atoms with van der Waals surface area (Å²) in [5.74, 6) is 0.889. The standard InChI is InChI=1S/C18H16FNO2S/c19-14-6-3-5-13(11-14)12-23-10-4-9-20-17(21)15-7-1-2-8-16(15)18(20)22/h1-3,5-8,11H,4,9-10,12H2. The number of halogens is 1. The maximum absolute atomic E-state index is 13.1. The van der Waals surface area contributed by atoms with E-state index in [1.165, 1.54) is 17.0 Å². The fourth-order valence-electron chi connectivity index (χ4n) is 2.58. The Kier molecular flexibility index (Phi) is 4.76. The molecule has 0 fully saturated rings. The molecule has 0 bridgehead atoms. The molecule has 0 unspecified atom stereocenters. The summed E-state index contributed by atoms with van der Waals surface area (Å²) in [6, 6.07) is 13.4. The summed E-state index contributed by atoms with van der Waals surface area (Å²) in [7, 11) is 0. The van der Waals surface area contributed by atoms with Crippen LogP contribution in [0.3, 0.4) is 0 Å². The molecule has 3 nitrogen and oxygen atoms in total. The number of amides is 2. The van der Waals surface area contributed by atoms with Crippen LogP contribution in [-0.2, 0) is 5.75 Å². The lowest BCUT2D eigenvalue weighted by molar-refractivity contribution is 0.0655. The van der Waals surface area contributed by atoms with Gasteiger partial charge in [-0.25, -0.2) is 4.39 Å². The fourth-order valence-corrected chi connectivity index (χ4v) is 3.48. The molecule has 3 rings (SSSR count). The molecule has 1 aliphatic heterocycles. The molecule has 0 spiro atoms. The Labute approximate surface area is 138 Å². The van der Waals surface area contributed by atoms with Gasteiger partial charge < -0.3 is 0 Å². The van der Waals surface area contributed by atoms with Crippen molar-refractivity contribution in [2.45, 2.75) is 12.2 Å². The van der Waals surface area contributed by atoms with Gasteiger partial charge in [-0.3, -0.25) is 14.5 Å². The monoisotopic (exact) mass is 329 g/mol. The molecule has 23 heavy (non-hydrogen) atoms. The quantitative estimate of drug-likeness (QED) is 0.598. The van der Waals surface area contributed by atoms with Crippen molar-refractivity contribution in [3.8, 4) is 0 Å². The number of carbonyl (C=O) groups excluding carboxylic acids is 2. The van der Waals surface area contributed by atoms with Crippen LogP contribution in [0.1, 0.15) is 32.7 Å². The van der Waals surface area contributed by atoms with Crippen LogP contribution in [0.2, 0.25) is 0 Å². The molecule has 0 aliphatic carbocycles. The highest BCUT2D eigenvalue weighted by molar-refractivity contribution is 7.98. The smallest absolute Gasteiger partial charge is 0.261 e. The van der Waals surface area contributed by atoms with Gasteiger partial charge in [0.25, 0.3) is 11.8 Å². The van der Waals surface area contributed by atoms with E-state index in [-0.39, 0.29) is 17.6 Å². The van der Waals surface area contributed by atoms with Gasteiger partial charge in [-0.15, -0.1) is 0 Å². The van der Waals surface area contributed by atoms with Crippen LogP contribution in [0.4, 0.5) is 4.39 Å². The second kappa shape index (κ2) is 6.96. The number of benzene rings is 2. The van der Waals surface area contributed by atoms with Crippen LogP contribution in [0.25, 0.3) is 0 Å². The first-order valence-electron chi connectivity index (χ1n) is 7.44. The highest BCUT2D eigenvalue weighted by Crippen LogP contribution is 2.23. The molecule has 0 atom stereocenters. The number of hydrogen-bond donors (Lipinski definition) is 0. The topological polar surface area (TPSA) is 37.4 Å². The van der Waals surface area contributed by atoms with E-state index < -0.39 is 0 Å². The number of fused-ring (bicyclic) bond motifs is 1. The van der Waals surface area contributed by atoms with Crippen LogP contribution in [-0.4, -0.2) is 29.0 Å². The highest BCUT2D eigenvalue weighted by Gasteiger charge is 2.34. The molecule has 2 aromatic carbocycles. The van der Waals surface area contributed by atoms with Crippen molar-refractivity contribution in [3.63, 3.8) is 0 Å². The highest BCUT2D eigenvalue weighted by atomic mass is 32.2. The summed E-state index contributed by atoms with van der Waals surface area (Å²) in [6.45, 7) is 0.419. The third kappa shape index (κ3) is 3.45. The summed E-state index contributed by atoms with van der Waals surface area (Å²) in [5.41, 5.74) is 1.92. The van der Waals surface area contributed by atoms with Crippen LogP contribution < -0.4 is 0 Å². The maximum Gasteiger partial charge on any atom is 0.261 e. The molecule has 2 aromatic rings. The molecule has 1 aliphatic rings. The molecular formula is C18H16FNO2S. The van der Waals surface area contributed by atoms with Gasteiger partial charge >= 0.3 is 0 Å². The van der Waals surface area contributed by atoms with E-state index in [4.69, 9.17) is 0 Å². The first-order chi connectivity index (χ1) is 11.2. The Morgan fingerprint density at radius 2 is 1.65 bits per heavy atom. The third-order valence-corrected chi connectivity index (χ3v) is 4.82. The Hall–Kier alpha value is -2.14.